The van der Waals surface area contributed by atoms with Crippen LogP contribution in [0.25, 0.3) is 0 Å². The highest BCUT2D eigenvalue weighted by Crippen LogP contribution is 2.19. The zero-order valence-corrected chi connectivity index (χ0v) is 15.7. The van der Waals surface area contributed by atoms with Crippen LogP contribution in [0.2, 0.25) is 0 Å². The van der Waals surface area contributed by atoms with E-state index >= 15 is 0 Å². The zero-order chi connectivity index (χ0) is 18.8. The molecule has 0 aromatic heterocycles. The van der Waals surface area contributed by atoms with Gasteiger partial charge in [-0.1, -0.05) is 80.4 Å². The monoisotopic (exact) mass is 355 g/mol. The van der Waals surface area contributed by atoms with Crippen molar-refractivity contribution in [2.45, 2.75) is 51.4 Å². The molecule has 140 valence electrons. The van der Waals surface area contributed by atoms with Crippen molar-refractivity contribution < 1.29 is 14.6 Å². The molecule has 0 fully saturated rings. The van der Waals surface area contributed by atoms with Gasteiger partial charge in [0, 0.05) is 13.1 Å². The van der Waals surface area contributed by atoms with Crippen molar-refractivity contribution >= 4 is 5.97 Å². The second-order valence-corrected chi connectivity index (χ2v) is 6.55. The van der Waals surface area contributed by atoms with E-state index in [1.807, 2.05) is 65.6 Å². The molecule has 0 spiro atoms. The van der Waals surface area contributed by atoms with Crippen molar-refractivity contribution in [3.63, 3.8) is 0 Å². The Morgan fingerprint density at radius 2 is 1.50 bits per heavy atom. The van der Waals surface area contributed by atoms with E-state index in [-0.39, 0.29) is 5.97 Å². The van der Waals surface area contributed by atoms with Crippen LogP contribution in [-0.4, -0.2) is 35.2 Å². The second-order valence-electron chi connectivity index (χ2n) is 6.55. The van der Waals surface area contributed by atoms with E-state index in [0.717, 1.165) is 24.0 Å². The summed E-state index contributed by atoms with van der Waals surface area (Å²) in [7, 11) is 1.38. The minimum atomic E-state index is -0.755. The van der Waals surface area contributed by atoms with E-state index in [0.29, 0.717) is 19.5 Å². The largest absolute Gasteiger partial charge is 0.468 e. The number of esters is 1. The Labute approximate surface area is 156 Å². The molecular weight excluding hydrogens is 326 g/mol. The Bertz CT molecular complexity index is 603. The van der Waals surface area contributed by atoms with Crippen molar-refractivity contribution in [2.75, 3.05) is 7.11 Å². The van der Waals surface area contributed by atoms with E-state index in [4.69, 9.17) is 4.74 Å². The topological polar surface area (TPSA) is 49.8 Å². The lowest BCUT2D eigenvalue weighted by Gasteiger charge is -2.33. The lowest BCUT2D eigenvalue weighted by Crippen LogP contribution is -2.48. The van der Waals surface area contributed by atoms with Gasteiger partial charge in [0.05, 0.1) is 13.2 Å². The van der Waals surface area contributed by atoms with E-state index in [2.05, 4.69) is 6.92 Å². The second kappa shape index (κ2) is 10.7. The third-order valence-corrected chi connectivity index (χ3v) is 4.51. The number of aliphatic hydroxyl groups excluding tert-OH is 1. The van der Waals surface area contributed by atoms with E-state index in [1.54, 1.807) is 0 Å². The van der Waals surface area contributed by atoms with Crippen LogP contribution in [0.1, 0.15) is 37.3 Å². The molecule has 0 aliphatic heterocycles. The Morgan fingerprint density at radius 1 is 1.00 bits per heavy atom. The number of hydrogen-bond acceptors (Lipinski definition) is 4. The number of rotatable bonds is 10. The maximum atomic E-state index is 12.5. The first-order valence-corrected chi connectivity index (χ1v) is 9.23. The van der Waals surface area contributed by atoms with Gasteiger partial charge in [-0.25, -0.2) is 0 Å². The van der Waals surface area contributed by atoms with Gasteiger partial charge in [-0.05, 0) is 17.5 Å². The zero-order valence-electron chi connectivity index (χ0n) is 15.7. The van der Waals surface area contributed by atoms with E-state index in [1.165, 1.54) is 7.11 Å². The van der Waals surface area contributed by atoms with Crippen LogP contribution in [0.4, 0.5) is 0 Å². The summed E-state index contributed by atoms with van der Waals surface area (Å²) >= 11 is 0. The van der Waals surface area contributed by atoms with Gasteiger partial charge >= 0.3 is 5.97 Å². The van der Waals surface area contributed by atoms with Gasteiger partial charge < -0.3 is 9.84 Å². The van der Waals surface area contributed by atoms with Gasteiger partial charge in [-0.3, -0.25) is 9.69 Å². The molecule has 0 saturated carbocycles. The highest BCUT2D eigenvalue weighted by Gasteiger charge is 2.33. The summed E-state index contributed by atoms with van der Waals surface area (Å²) in [4.78, 5) is 14.5. The molecule has 0 amide bonds. The van der Waals surface area contributed by atoms with Crippen molar-refractivity contribution in [3.8, 4) is 0 Å². The first-order valence-electron chi connectivity index (χ1n) is 9.23. The smallest absolute Gasteiger partial charge is 0.325 e. The third kappa shape index (κ3) is 5.97. The molecule has 0 unspecified atom stereocenters. The van der Waals surface area contributed by atoms with Crippen molar-refractivity contribution in [1.29, 1.82) is 0 Å². The summed E-state index contributed by atoms with van der Waals surface area (Å²) in [6, 6.07) is 19.3. The van der Waals surface area contributed by atoms with Crippen LogP contribution in [0.3, 0.4) is 0 Å². The van der Waals surface area contributed by atoms with Crippen LogP contribution < -0.4 is 0 Å². The molecule has 2 rings (SSSR count). The lowest BCUT2D eigenvalue weighted by atomic mass is 10.0. The summed E-state index contributed by atoms with van der Waals surface area (Å²) < 4.78 is 5.03. The number of benzene rings is 2. The lowest BCUT2D eigenvalue weighted by molar-refractivity contribution is -0.152. The number of unbranched alkanes of at least 4 members (excludes halogenated alkanes) is 1. The molecule has 0 heterocycles. The van der Waals surface area contributed by atoms with Crippen molar-refractivity contribution in [1.82, 2.24) is 4.90 Å². The standard InChI is InChI=1S/C22H29NO3/c1-3-4-15-20(24)21(22(25)26-2)23(16-18-11-7-5-8-12-18)17-19-13-9-6-10-14-19/h5-14,20-21,24H,3-4,15-17H2,1-2H3/t20-,21+/m0/s1. The average molecular weight is 355 g/mol. The minimum Gasteiger partial charge on any atom is -0.468 e. The summed E-state index contributed by atoms with van der Waals surface area (Å²) in [6.07, 6.45) is 1.67. The average Bonchev–Trinajstić information content (AvgIpc) is 2.68. The molecule has 4 nitrogen and oxygen atoms in total. The Morgan fingerprint density at radius 3 is 1.92 bits per heavy atom. The van der Waals surface area contributed by atoms with Crippen molar-refractivity contribution in [3.05, 3.63) is 71.8 Å². The van der Waals surface area contributed by atoms with Gasteiger partial charge in [-0.15, -0.1) is 0 Å². The fraction of sp³-hybridized carbons (Fsp3) is 0.409. The third-order valence-electron chi connectivity index (χ3n) is 4.51. The number of hydrogen-bond donors (Lipinski definition) is 1. The summed E-state index contributed by atoms with van der Waals surface area (Å²) in [6.45, 7) is 3.21. The molecule has 0 radical (unpaired) electrons. The molecule has 0 bridgehead atoms. The molecule has 0 aliphatic carbocycles. The predicted octanol–water partition coefficient (Wildman–Crippen LogP) is 3.78. The van der Waals surface area contributed by atoms with Crippen LogP contribution in [-0.2, 0) is 22.6 Å². The molecule has 2 atom stereocenters. The number of carbonyl (C=O) groups excluding carboxylic acids is 1. The summed E-state index contributed by atoms with van der Waals surface area (Å²) in [5, 5.41) is 10.7. The molecular formula is C22H29NO3. The first kappa shape index (κ1) is 20.1. The predicted molar refractivity (Wildman–Crippen MR) is 103 cm³/mol. The normalized spacial score (nSPS) is 13.4. The SMILES string of the molecule is CCCC[C@H](O)[C@H](C(=O)OC)N(Cc1ccccc1)Cc1ccccc1. The Balaban J connectivity index is 2.28. The van der Waals surface area contributed by atoms with Gasteiger partial charge in [0.1, 0.15) is 6.04 Å². The Kier molecular flexibility index (Phi) is 8.32. The fourth-order valence-electron chi connectivity index (χ4n) is 3.13. The summed E-state index contributed by atoms with van der Waals surface area (Å²) in [5.41, 5.74) is 2.19. The minimum absolute atomic E-state index is 0.388. The number of carbonyl (C=O) groups is 1. The molecule has 26 heavy (non-hydrogen) atoms. The first-order chi connectivity index (χ1) is 12.7. The van der Waals surface area contributed by atoms with Gasteiger partial charge in [-0.2, -0.15) is 0 Å². The Hall–Kier alpha value is -2.17. The molecule has 0 aliphatic rings. The number of aliphatic hydroxyl groups is 1. The maximum Gasteiger partial charge on any atom is 0.325 e. The van der Waals surface area contributed by atoms with E-state index < -0.39 is 12.1 Å². The molecule has 0 saturated heterocycles. The summed E-state index contributed by atoms with van der Waals surface area (Å²) in [5.74, 6) is -0.388. The van der Waals surface area contributed by atoms with Crippen LogP contribution in [0, 0.1) is 0 Å². The maximum absolute atomic E-state index is 12.5. The van der Waals surface area contributed by atoms with Crippen molar-refractivity contribution in [2.24, 2.45) is 0 Å². The van der Waals surface area contributed by atoms with Gasteiger partial charge in [0.25, 0.3) is 0 Å². The molecule has 1 N–H and O–H groups in total. The van der Waals surface area contributed by atoms with Crippen LogP contribution >= 0.6 is 0 Å². The fourth-order valence-corrected chi connectivity index (χ4v) is 3.13. The number of nitrogens with zero attached hydrogens (tertiary/aromatic N) is 1. The quantitative estimate of drug-likeness (QED) is 0.659. The van der Waals surface area contributed by atoms with Gasteiger partial charge in [0.2, 0.25) is 0 Å². The molecule has 2 aromatic rings. The number of ether oxygens (including phenoxy) is 1. The molecule has 4 heteroatoms. The van der Waals surface area contributed by atoms with E-state index in [9.17, 15) is 9.90 Å². The highest BCUT2D eigenvalue weighted by molar-refractivity contribution is 5.76. The highest BCUT2D eigenvalue weighted by atomic mass is 16.5. The van der Waals surface area contributed by atoms with Crippen LogP contribution in [0.15, 0.2) is 60.7 Å². The van der Waals surface area contributed by atoms with Crippen LogP contribution in [0.5, 0.6) is 0 Å². The molecule has 2 aromatic carbocycles. The number of methoxy groups -OCH3 is 1. The van der Waals surface area contributed by atoms with Gasteiger partial charge in [0.15, 0.2) is 0 Å².